The first-order valence-electron chi connectivity index (χ1n) is 6.17. The summed E-state index contributed by atoms with van der Waals surface area (Å²) in [4.78, 5) is 3.98. The Morgan fingerprint density at radius 1 is 1.06 bits per heavy atom. The van der Waals surface area contributed by atoms with Crippen LogP contribution in [0.4, 0.5) is 0 Å². The summed E-state index contributed by atoms with van der Waals surface area (Å²) in [6.45, 7) is 3.81. The molecule has 18 heavy (non-hydrogen) atoms. The topological polar surface area (TPSA) is 24.9 Å². The average molecular weight is 261 g/mol. The monoisotopic (exact) mass is 260 g/mol. The molecule has 0 fully saturated rings. The van der Waals surface area contributed by atoms with Gasteiger partial charge in [0.15, 0.2) is 0 Å². The summed E-state index contributed by atoms with van der Waals surface area (Å²) in [7, 11) is 0. The molecule has 0 aliphatic rings. The molecule has 94 valence electrons. The SMILES string of the molecule is CCc1ccccc1CNCc1ccncc1Cl. The molecule has 2 nitrogen and oxygen atoms in total. The molecule has 0 saturated carbocycles. The van der Waals surface area contributed by atoms with Gasteiger partial charge in [-0.05, 0) is 29.2 Å². The summed E-state index contributed by atoms with van der Waals surface area (Å²) in [5, 5.41) is 4.14. The third-order valence-electron chi connectivity index (χ3n) is 2.99. The lowest BCUT2D eigenvalue weighted by Crippen LogP contribution is -2.14. The fourth-order valence-corrected chi connectivity index (χ4v) is 2.14. The Morgan fingerprint density at radius 2 is 1.78 bits per heavy atom. The van der Waals surface area contributed by atoms with Crippen LogP contribution in [0.2, 0.25) is 5.02 Å². The van der Waals surface area contributed by atoms with E-state index in [-0.39, 0.29) is 0 Å². The third-order valence-corrected chi connectivity index (χ3v) is 3.33. The third kappa shape index (κ3) is 3.31. The maximum Gasteiger partial charge on any atom is 0.0634 e. The van der Waals surface area contributed by atoms with Crippen LogP contribution in [-0.4, -0.2) is 4.98 Å². The van der Waals surface area contributed by atoms with Crippen molar-refractivity contribution in [3.05, 3.63) is 64.4 Å². The van der Waals surface area contributed by atoms with E-state index in [0.29, 0.717) is 5.02 Å². The van der Waals surface area contributed by atoms with E-state index in [4.69, 9.17) is 11.6 Å². The van der Waals surface area contributed by atoms with E-state index in [0.717, 1.165) is 25.1 Å². The normalized spacial score (nSPS) is 10.6. The number of nitrogens with zero attached hydrogens (tertiary/aromatic N) is 1. The zero-order valence-electron chi connectivity index (χ0n) is 10.5. The predicted octanol–water partition coefficient (Wildman–Crippen LogP) is 3.59. The number of aromatic nitrogens is 1. The van der Waals surface area contributed by atoms with Gasteiger partial charge in [-0.25, -0.2) is 0 Å². The lowest BCUT2D eigenvalue weighted by atomic mass is 10.1. The number of hydrogen-bond donors (Lipinski definition) is 1. The highest BCUT2D eigenvalue weighted by Gasteiger charge is 2.01. The molecule has 0 aliphatic heterocycles. The summed E-state index contributed by atoms with van der Waals surface area (Å²) < 4.78 is 0. The Morgan fingerprint density at radius 3 is 2.50 bits per heavy atom. The standard InChI is InChI=1S/C15H17ClN2/c1-2-12-5-3-4-6-13(12)9-18-10-14-7-8-17-11-15(14)16/h3-8,11,18H,2,9-10H2,1H3. The molecule has 0 unspecified atom stereocenters. The molecule has 1 aromatic heterocycles. The molecule has 1 aromatic carbocycles. The minimum atomic E-state index is 0.716. The molecule has 0 amide bonds. The lowest BCUT2D eigenvalue weighted by Gasteiger charge is -2.09. The second kappa shape index (κ2) is 6.53. The maximum atomic E-state index is 6.06. The second-order valence-electron chi connectivity index (χ2n) is 4.19. The van der Waals surface area contributed by atoms with Gasteiger partial charge in [-0.1, -0.05) is 42.8 Å². The predicted molar refractivity (Wildman–Crippen MR) is 75.6 cm³/mol. The molecule has 0 bridgehead atoms. The maximum absolute atomic E-state index is 6.06. The zero-order valence-corrected chi connectivity index (χ0v) is 11.2. The summed E-state index contributed by atoms with van der Waals surface area (Å²) in [6, 6.07) is 10.5. The van der Waals surface area contributed by atoms with Crippen molar-refractivity contribution in [1.82, 2.24) is 10.3 Å². The van der Waals surface area contributed by atoms with Crippen LogP contribution in [0.15, 0.2) is 42.7 Å². The number of pyridine rings is 1. The molecule has 1 heterocycles. The van der Waals surface area contributed by atoms with Gasteiger partial charge in [0, 0.05) is 25.5 Å². The van der Waals surface area contributed by atoms with Crippen LogP contribution in [-0.2, 0) is 19.5 Å². The smallest absolute Gasteiger partial charge is 0.0634 e. The van der Waals surface area contributed by atoms with E-state index in [2.05, 4.69) is 41.5 Å². The van der Waals surface area contributed by atoms with Crippen LogP contribution in [0.1, 0.15) is 23.6 Å². The van der Waals surface area contributed by atoms with E-state index in [1.54, 1.807) is 12.4 Å². The number of hydrogen-bond acceptors (Lipinski definition) is 2. The van der Waals surface area contributed by atoms with Crippen LogP contribution < -0.4 is 5.32 Å². The Kier molecular flexibility index (Phi) is 4.73. The van der Waals surface area contributed by atoms with Crippen LogP contribution in [0.3, 0.4) is 0 Å². The number of benzene rings is 1. The minimum Gasteiger partial charge on any atom is -0.309 e. The van der Waals surface area contributed by atoms with Crippen molar-refractivity contribution in [3.8, 4) is 0 Å². The van der Waals surface area contributed by atoms with E-state index in [1.807, 2.05) is 6.07 Å². The highest BCUT2D eigenvalue weighted by molar-refractivity contribution is 6.31. The molecule has 3 heteroatoms. The second-order valence-corrected chi connectivity index (χ2v) is 4.60. The summed E-state index contributed by atoms with van der Waals surface area (Å²) in [6.07, 6.45) is 4.51. The zero-order chi connectivity index (χ0) is 12.8. The first-order valence-corrected chi connectivity index (χ1v) is 6.55. The number of halogens is 1. The molecule has 2 rings (SSSR count). The van der Waals surface area contributed by atoms with Crippen LogP contribution in [0, 0.1) is 0 Å². The van der Waals surface area contributed by atoms with E-state index < -0.39 is 0 Å². The number of nitrogens with one attached hydrogen (secondary N) is 1. The van der Waals surface area contributed by atoms with Gasteiger partial charge in [0.1, 0.15) is 0 Å². The van der Waals surface area contributed by atoms with Gasteiger partial charge in [0.2, 0.25) is 0 Å². The van der Waals surface area contributed by atoms with E-state index in [9.17, 15) is 0 Å². The molecular formula is C15H17ClN2. The van der Waals surface area contributed by atoms with Crippen LogP contribution >= 0.6 is 11.6 Å². The van der Waals surface area contributed by atoms with Crippen molar-refractivity contribution in [2.45, 2.75) is 26.4 Å². The molecule has 0 aliphatic carbocycles. The average Bonchev–Trinajstić information content (AvgIpc) is 2.41. The quantitative estimate of drug-likeness (QED) is 0.889. The van der Waals surface area contributed by atoms with Gasteiger partial charge < -0.3 is 5.32 Å². The Labute approximate surface area is 113 Å². The summed E-state index contributed by atoms with van der Waals surface area (Å²) in [5.74, 6) is 0. The van der Waals surface area contributed by atoms with Crippen molar-refractivity contribution < 1.29 is 0 Å². The van der Waals surface area contributed by atoms with Crippen molar-refractivity contribution in [1.29, 1.82) is 0 Å². The van der Waals surface area contributed by atoms with Crippen molar-refractivity contribution in [3.63, 3.8) is 0 Å². The molecule has 0 saturated heterocycles. The first-order chi connectivity index (χ1) is 8.81. The van der Waals surface area contributed by atoms with E-state index >= 15 is 0 Å². The number of rotatable bonds is 5. The van der Waals surface area contributed by atoms with Gasteiger partial charge in [-0.3, -0.25) is 4.98 Å². The molecular weight excluding hydrogens is 244 g/mol. The largest absolute Gasteiger partial charge is 0.309 e. The molecule has 1 N–H and O–H groups in total. The fourth-order valence-electron chi connectivity index (χ4n) is 1.95. The van der Waals surface area contributed by atoms with Crippen LogP contribution in [0.5, 0.6) is 0 Å². The van der Waals surface area contributed by atoms with Gasteiger partial charge in [0.25, 0.3) is 0 Å². The Balaban J connectivity index is 1.95. The molecule has 0 atom stereocenters. The highest BCUT2D eigenvalue weighted by Crippen LogP contribution is 2.14. The van der Waals surface area contributed by atoms with Crippen LogP contribution in [0.25, 0.3) is 0 Å². The Bertz CT molecular complexity index is 511. The van der Waals surface area contributed by atoms with Crippen molar-refractivity contribution in [2.24, 2.45) is 0 Å². The lowest BCUT2D eigenvalue weighted by molar-refractivity contribution is 0.688. The molecule has 0 spiro atoms. The van der Waals surface area contributed by atoms with Gasteiger partial charge >= 0.3 is 0 Å². The minimum absolute atomic E-state index is 0.716. The molecule has 2 aromatic rings. The van der Waals surface area contributed by atoms with Crippen molar-refractivity contribution >= 4 is 11.6 Å². The first kappa shape index (κ1) is 13.1. The van der Waals surface area contributed by atoms with Crippen molar-refractivity contribution in [2.75, 3.05) is 0 Å². The summed E-state index contributed by atoms with van der Waals surface area (Å²) >= 11 is 6.06. The van der Waals surface area contributed by atoms with Gasteiger partial charge in [-0.15, -0.1) is 0 Å². The highest BCUT2D eigenvalue weighted by atomic mass is 35.5. The van der Waals surface area contributed by atoms with E-state index in [1.165, 1.54) is 11.1 Å². The summed E-state index contributed by atoms with van der Waals surface area (Å²) in [5.41, 5.74) is 3.83. The molecule has 0 radical (unpaired) electrons. The number of aryl methyl sites for hydroxylation is 1. The Hall–Kier alpha value is -1.38. The van der Waals surface area contributed by atoms with Gasteiger partial charge in [-0.2, -0.15) is 0 Å². The van der Waals surface area contributed by atoms with Gasteiger partial charge in [0.05, 0.1) is 5.02 Å². The fraction of sp³-hybridized carbons (Fsp3) is 0.267.